The molecule has 1 atom stereocenters. The number of nitrogens with zero attached hydrogens (tertiary/aromatic N) is 4. The van der Waals surface area contributed by atoms with Crippen molar-refractivity contribution in [2.24, 2.45) is 0 Å². The molecule has 2 saturated heterocycles. The Bertz CT molecular complexity index is 1070. The first-order valence-corrected chi connectivity index (χ1v) is 11.6. The van der Waals surface area contributed by atoms with Crippen LogP contribution in [-0.2, 0) is 4.79 Å². The van der Waals surface area contributed by atoms with Crippen molar-refractivity contribution in [3.05, 3.63) is 60.2 Å². The molecule has 2 fully saturated rings. The standard InChI is InChI=1S/C25H30FN5O/c1-18(25(32)31-15-13-30(14-16-31)21-6-4-20(26)5-7-21)29-11-8-19(9-12-29)23-17-28-24-22(23)3-2-10-27-24/h2-7,10,17-19H,8-9,11-16H2,1H3,(H,27,28). The van der Waals surface area contributed by atoms with Crippen molar-refractivity contribution in [2.45, 2.75) is 31.7 Å². The Morgan fingerprint density at radius 2 is 1.78 bits per heavy atom. The van der Waals surface area contributed by atoms with Crippen molar-refractivity contribution in [1.82, 2.24) is 19.8 Å². The summed E-state index contributed by atoms with van der Waals surface area (Å²) in [6, 6.07) is 10.6. The zero-order valence-electron chi connectivity index (χ0n) is 18.5. The molecule has 0 radical (unpaired) electrons. The summed E-state index contributed by atoms with van der Waals surface area (Å²) in [6.07, 6.45) is 6.03. The number of amides is 1. The fourth-order valence-electron chi connectivity index (χ4n) is 5.17. The van der Waals surface area contributed by atoms with E-state index in [0.717, 1.165) is 50.4 Å². The van der Waals surface area contributed by atoms with Gasteiger partial charge in [0.1, 0.15) is 11.5 Å². The first-order chi connectivity index (χ1) is 15.6. The van der Waals surface area contributed by atoms with Gasteiger partial charge in [-0.3, -0.25) is 9.69 Å². The maximum Gasteiger partial charge on any atom is 0.239 e. The summed E-state index contributed by atoms with van der Waals surface area (Å²) in [7, 11) is 0. The van der Waals surface area contributed by atoms with Crippen LogP contribution >= 0.6 is 0 Å². The summed E-state index contributed by atoms with van der Waals surface area (Å²) in [4.78, 5) is 27.4. The Kier molecular flexibility index (Phi) is 5.83. The predicted molar refractivity (Wildman–Crippen MR) is 124 cm³/mol. The van der Waals surface area contributed by atoms with E-state index < -0.39 is 0 Å². The molecule has 0 saturated carbocycles. The number of halogens is 1. The number of H-pyrrole nitrogens is 1. The van der Waals surface area contributed by atoms with Crippen LogP contribution in [0, 0.1) is 5.82 Å². The summed E-state index contributed by atoms with van der Waals surface area (Å²) < 4.78 is 13.2. The monoisotopic (exact) mass is 435 g/mol. The molecule has 1 aromatic carbocycles. The number of nitrogens with one attached hydrogen (secondary N) is 1. The molecule has 7 heteroatoms. The molecule has 2 aliphatic heterocycles. The first kappa shape index (κ1) is 20.9. The Balaban J connectivity index is 1.15. The van der Waals surface area contributed by atoms with Gasteiger partial charge in [-0.05, 0) is 80.7 Å². The topological polar surface area (TPSA) is 55.5 Å². The highest BCUT2D eigenvalue weighted by atomic mass is 19.1. The number of anilines is 1. The van der Waals surface area contributed by atoms with Gasteiger partial charge in [0.15, 0.2) is 0 Å². The summed E-state index contributed by atoms with van der Waals surface area (Å²) in [5.41, 5.74) is 3.32. The van der Waals surface area contributed by atoms with Gasteiger partial charge in [-0.15, -0.1) is 0 Å². The number of aromatic amines is 1. The highest BCUT2D eigenvalue weighted by molar-refractivity contribution is 5.82. The number of hydrogen-bond donors (Lipinski definition) is 1. The van der Waals surface area contributed by atoms with E-state index in [4.69, 9.17) is 0 Å². The molecular weight excluding hydrogens is 405 g/mol. The van der Waals surface area contributed by atoms with Gasteiger partial charge in [-0.1, -0.05) is 0 Å². The van der Waals surface area contributed by atoms with Crippen molar-refractivity contribution in [2.75, 3.05) is 44.2 Å². The van der Waals surface area contributed by atoms with Crippen molar-refractivity contribution in [1.29, 1.82) is 0 Å². The average molecular weight is 436 g/mol. The van der Waals surface area contributed by atoms with E-state index in [1.807, 2.05) is 36.2 Å². The Morgan fingerprint density at radius 1 is 1.06 bits per heavy atom. The second-order valence-electron chi connectivity index (χ2n) is 8.92. The number of aromatic nitrogens is 2. The van der Waals surface area contributed by atoms with Crippen LogP contribution in [0.25, 0.3) is 11.0 Å². The zero-order chi connectivity index (χ0) is 22.1. The van der Waals surface area contributed by atoms with Gasteiger partial charge in [0.2, 0.25) is 5.91 Å². The Morgan fingerprint density at radius 3 is 2.50 bits per heavy atom. The van der Waals surface area contributed by atoms with Crippen LogP contribution in [0.5, 0.6) is 0 Å². The van der Waals surface area contributed by atoms with Gasteiger partial charge in [-0.2, -0.15) is 0 Å². The molecule has 0 aliphatic carbocycles. The van der Waals surface area contributed by atoms with Gasteiger partial charge >= 0.3 is 0 Å². The number of piperazine rings is 1. The Hall–Kier alpha value is -2.93. The van der Waals surface area contributed by atoms with Crippen LogP contribution in [0.1, 0.15) is 31.2 Å². The van der Waals surface area contributed by atoms with Crippen LogP contribution in [0.3, 0.4) is 0 Å². The molecule has 1 N–H and O–H groups in total. The lowest BCUT2D eigenvalue weighted by atomic mass is 9.89. The fraction of sp³-hybridized carbons (Fsp3) is 0.440. The van der Waals surface area contributed by atoms with E-state index in [9.17, 15) is 9.18 Å². The number of carbonyl (C=O) groups excluding carboxylic acids is 1. The molecule has 2 aliphatic rings. The predicted octanol–water partition coefficient (Wildman–Crippen LogP) is 3.62. The van der Waals surface area contributed by atoms with Gasteiger partial charge in [0.25, 0.3) is 0 Å². The van der Waals surface area contributed by atoms with Crippen LogP contribution in [0.2, 0.25) is 0 Å². The van der Waals surface area contributed by atoms with Crippen molar-refractivity contribution >= 4 is 22.6 Å². The highest BCUT2D eigenvalue weighted by Gasteiger charge is 2.32. The third-order valence-electron chi connectivity index (χ3n) is 7.14. The molecule has 4 heterocycles. The van der Waals surface area contributed by atoms with Crippen LogP contribution in [0.15, 0.2) is 48.8 Å². The number of hydrogen-bond acceptors (Lipinski definition) is 4. The number of carbonyl (C=O) groups is 1. The first-order valence-electron chi connectivity index (χ1n) is 11.6. The Labute approximate surface area is 188 Å². The van der Waals surface area contributed by atoms with Crippen molar-refractivity contribution < 1.29 is 9.18 Å². The quantitative estimate of drug-likeness (QED) is 0.680. The summed E-state index contributed by atoms with van der Waals surface area (Å²) in [5.74, 6) is 0.505. The largest absolute Gasteiger partial charge is 0.368 e. The maximum absolute atomic E-state index is 13.2. The second kappa shape index (κ2) is 8.90. The number of fused-ring (bicyclic) bond motifs is 1. The maximum atomic E-state index is 13.2. The van der Waals surface area contributed by atoms with Crippen LogP contribution < -0.4 is 4.90 Å². The van der Waals surface area contributed by atoms with E-state index in [1.165, 1.54) is 23.1 Å². The van der Waals surface area contributed by atoms with Gasteiger partial charge in [0.05, 0.1) is 6.04 Å². The lowest BCUT2D eigenvalue weighted by molar-refractivity contribution is -0.137. The SMILES string of the molecule is CC(C(=O)N1CCN(c2ccc(F)cc2)CC1)N1CCC(c2c[nH]c3ncccc23)CC1. The number of benzene rings is 1. The molecule has 168 valence electrons. The molecular formula is C25H30FN5O. The minimum atomic E-state index is -0.221. The molecule has 0 bridgehead atoms. The molecule has 32 heavy (non-hydrogen) atoms. The molecule has 3 aromatic rings. The third-order valence-corrected chi connectivity index (χ3v) is 7.14. The van der Waals surface area contributed by atoms with E-state index in [-0.39, 0.29) is 17.8 Å². The lowest BCUT2D eigenvalue weighted by Gasteiger charge is -2.40. The van der Waals surface area contributed by atoms with Crippen LogP contribution in [0.4, 0.5) is 10.1 Å². The molecule has 6 nitrogen and oxygen atoms in total. The van der Waals surface area contributed by atoms with Gasteiger partial charge < -0.3 is 14.8 Å². The molecule has 5 rings (SSSR count). The normalized spacial score (nSPS) is 19.4. The minimum absolute atomic E-state index is 0.0991. The number of likely N-dealkylation sites (tertiary alicyclic amines) is 1. The van der Waals surface area contributed by atoms with E-state index >= 15 is 0 Å². The number of piperidine rings is 1. The average Bonchev–Trinajstić information content (AvgIpc) is 3.28. The molecule has 1 amide bonds. The van der Waals surface area contributed by atoms with Crippen molar-refractivity contribution in [3.8, 4) is 0 Å². The molecule has 1 unspecified atom stereocenters. The van der Waals surface area contributed by atoms with Gasteiger partial charge in [-0.25, -0.2) is 9.37 Å². The highest BCUT2D eigenvalue weighted by Crippen LogP contribution is 2.33. The number of rotatable bonds is 4. The number of pyridine rings is 1. The van der Waals surface area contributed by atoms with Crippen LogP contribution in [-0.4, -0.2) is 71.0 Å². The summed E-state index contributed by atoms with van der Waals surface area (Å²) in [5, 5.41) is 1.22. The molecule has 0 spiro atoms. The minimum Gasteiger partial charge on any atom is -0.368 e. The summed E-state index contributed by atoms with van der Waals surface area (Å²) >= 11 is 0. The third kappa shape index (κ3) is 4.09. The van der Waals surface area contributed by atoms with E-state index in [2.05, 4.69) is 32.0 Å². The van der Waals surface area contributed by atoms with Crippen molar-refractivity contribution in [3.63, 3.8) is 0 Å². The smallest absolute Gasteiger partial charge is 0.239 e. The summed E-state index contributed by atoms with van der Waals surface area (Å²) in [6.45, 7) is 6.88. The second-order valence-corrected chi connectivity index (χ2v) is 8.92. The van der Waals surface area contributed by atoms with E-state index in [1.54, 1.807) is 0 Å². The van der Waals surface area contributed by atoms with Gasteiger partial charge in [0, 0.05) is 49.6 Å². The molecule has 2 aromatic heterocycles. The fourth-order valence-corrected chi connectivity index (χ4v) is 5.17. The lowest BCUT2D eigenvalue weighted by Crippen LogP contribution is -2.55. The zero-order valence-corrected chi connectivity index (χ0v) is 18.5. The van der Waals surface area contributed by atoms with E-state index in [0.29, 0.717) is 19.0 Å².